The molecule has 1 N–H and O–H groups in total. The molecule has 3 aromatic rings. The number of hydrogen-bond acceptors (Lipinski definition) is 3. The number of carbonyl (C=O) groups is 1. The zero-order chi connectivity index (χ0) is 23.7. The van der Waals surface area contributed by atoms with Gasteiger partial charge in [-0.1, -0.05) is 43.5 Å². The first-order valence-corrected chi connectivity index (χ1v) is 13.5. The topological polar surface area (TPSA) is 48.7 Å². The lowest BCUT2D eigenvalue weighted by Crippen LogP contribution is -2.36. The summed E-state index contributed by atoms with van der Waals surface area (Å²) in [7, 11) is 2.26. The van der Waals surface area contributed by atoms with Crippen LogP contribution in [-0.2, 0) is 12.0 Å². The molecule has 4 heterocycles. The molecular formula is C30H35N3O2. The van der Waals surface area contributed by atoms with Gasteiger partial charge in [-0.2, -0.15) is 0 Å². The molecule has 1 unspecified atom stereocenters. The van der Waals surface area contributed by atoms with Crippen LogP contribution < -0.4 is 4.90 Å². The minimum absolute atomic E-state index is 0.239. The van der Waals surface area contributed by atoms with Gasteiger partial charge in [-0.3, -0.25) is 0 Å². The molecule has 2 fully saturated rings. The molecular weight excluding hydrogens is 434 g/mol. The molecule has 35 heavy (non-hydrogen) atoms. The van der Waals surface area contributed by atoms with Crippen molar-refractivity contribution in [2.24, 2.45) is 0 Å². The van der Waals surface area contributed by atoms with E-state index in [9.17, 15) is 9.90 Å². The van der Waals surface area contributed by atoms with E-state index in [0.29, 0.717) is 11.5 Å². The molecule has 4 aliphatic rings. The SMILES string of the molecule is CN1CCC2(C1)CN1CCCn3c(c(C4CCCCC4)c4ccc(C(=O)O)cc43)-c3cccc2c31. The summed E-state index contributed by atoms with van der Waals surface area (Å²) >= 11 is 0. The average Bonchev–Trinajstić information content (AvgIpc) is 3.50. The van der Waals surface area contributed by atoms with E-state index in [1.807, 2.05) is 12.1 Å². The maximum atomic E-state index is 11.9. The third-order valence-electron chi connectivity index (χ3n) is 9.39. The normalized spacial score (nSPS) is 24.5. The summed E-state index contributed by atoms with van der Waals surface area (Å²) in [6.07, 6.45) is 8.70. The molecule has 5 heteroatoms. The number of aromatic carboxylic acids is 1. The lowest BCUT2D eigenvalue weighted by molar-refractivity contribution is 0.0697. The molecule has 1 saturated carbocycles. The quantitative estimate of drug-likeness (QED) is 0.511. The second-order valence-corrected chi connectivity index (χ2v) is 11.5. The van der Waals surface area contributed by atoms with E-state index in [1.54, 1.807) is 5.56 Å². The number of likely N-dealkylation sites (tertiary alicyclic amines) is 1. The molecule has 5 nitrogen and oxygen atoms in total. The van der Waals surface area contributed by atoms with Gasteiger partial charge in [0.15, 0.2) is 0 Å². The molecule has 1 atom stereocenters. The molecule has 2 aromatic carbocycles. The van der Waals surface area contributed by atoms with Crippen LogP contribution in [0, 0.1) is 0 Å². The van der Waals surface area contributed by atoms with Crippen LogP contribution in [0.4, 0.5) is 5.69 Å². The Kier molecular flexibility index (Phi) is 4.82. The fraction of sp³-hybridized carbons (Fsp3) is 0.500. The number of aryl methyl sites for hydroxylation is 1. The fourth-order valence-corrected chi connectivity index (χ4v) is 7.91. The highest BCUT2D eigenvalue weighted by Gasteiger charge is 2.47. The van der Waals surface area contributed by atoms with Crippen LogP contribution in [0.15, 0.2) is 36.4 Å². The predicted octanol–water partition coefficient (Wildman–Crippen LogP) is 5.85. The first-order valence-electron chi connectivity index (χ1n) is 13.5. The van der Waals surface area contributed by atoms with E-state index in [2.05, 4.69) is 45.7 Å². The van der Waals surface area contributed by atoms with E-state index in [1.165, 1.54) is 73.0 Å². The van der Waals surface area contributed by atoms with E-state index in [0.717, 1.165) is 38.1 Å². The van der Waals surface area contributed by atoms with Crippen molar-refractivity contribution in [1.82, 2.24) is 9.47 Å². The number of likely N-dealkylation sites (N-methyl/N-ethyl adjacent to an activating group) is 1. The second-order valence-electron chi connectivity index (χ2n) is 11.5. The molecule has 0 bridgehead atoms. The minimum atomic E-state index is -0.841. The summed E-state index contributed by atoms with van der Waals surface area (Å²) in [4.78, 5) is 17.1. The number of benzene rings is 2. The van der Waals surface area contributed by atoms with Crippen molar-refractivity contribution in [3.8, 4) is 11.3 Å². The molecule has 1 aromatic heterocycles. The van der Waals surface area contributed by atoms with Crippen molar-refractivity contribution in [2.45, 2.75) is 62.8 Å². The molecule has 1 spiro atoms. The molecule has 1 saturated heterocycles. The number of para-hydroxylation sites is 1. The molecule has 0 radical (unpaired) electrons. The average molecular weight is 470 g/mol. The van der Waals surface area contributed by atoms with E-state index in [-0.39, 0.29) is 5.41 Å². The van der Waals surface area contributed by atoms with Gasteiger partial charge in [0.1, 0.15) is 0 Å². The van der Waals surface area contributed by atoms with Gasteiger partial charge in [-0.25, -0.2) is 4.79 Å². The van der Waals surface area contributed by atoms with Crippen LogP contribution >= 0.6 is 0 Å². The van der Waals surface area contributed by atoms with Gasteiger partial charge in [-0.15, -0.1) is 0 Å². The highest BCUT2D eigenvalue weighted by Crippen LogP contribution is 2.53. The van der Waals surface area contributed by atoms with Crippen LogP contribution in [0.1, 0.15) is 72.3 Å². The molecule has 1 aliphatic carbocycles. The Morgan fingerprint density at radius 1 is 1.00 bits per heavy atom. The first kappa shape index (κ1) is 21.5. The van der Waals surface area contributed by atoms with Gasteiger partial charge in [0.25, 0.3) is 0 Å². The molecule has 0 amide bonds. The summed E-state index contributed by atoms with van der Waals surface area (Å²) < 4.78 is 2.49. The summed E-state index contributed by atoms with van der Waals surface area (Å²) in [5, 5.41) is 11.0. The van der Waals surface area contributed by atoms with Crippen LogP contribution in [0.25, 0.3) is 22.2 Å². The monoisotopic (exact) mass is 469 g/mol. The fourth-order valence-electron chi connectivity index (χ4n) is 7.91. The van der Waals surface area contributed by atoms with Gasteiger partial charge >= 0.3 is 5.97 Å². The van der Waals surface area contributed by atoms with Crippen molar-refractivity contribution < 1.29 is 9.90 Å². The zero-order valence-corrected chi connectivity index (χ0v) is 20.7. The summed E-state index contributed by atoms with van der Waals surface area (Å²) in [6.45, 7) is 5.44. The van der Waals surface area contributed by atoms with E-state index < -0.39 is 5.97 Å². The number of fused-ring (bicyclic) bond motifs is 5. The number of rotatable bonds is 2. The van der Waals surface area contributed by atoms with E-state index >= 15 is 0 Å². The zero-order valence-electron chi connectivity index (χ0n) is 20.7. The van der Waals surface area contributed by atoms with Crippen molar-refractivity contribution in [3.63, 3.8) is 0 Å². The molecule has 182 valence electrons. The van der Waals surface area contributed by atoms with Crippen LogP contribution in [-0.4, -0.2) is 53.8 Å². The van der Waals surface area contributed by atoms with Gasteiger partial charge in [-0.05, 0) is 68.5 Å². The third kappa shape index (κ3) is 3.13. The number of nitrogens with zero attached hydrogens (tertiary/aromatic N) is 3. The van der Waals surface area contributed by atoms with Gasteiger partial charge in [0.2, 0.25) is 0 Å². The molecule has 7 rings (SSSR count). The number of anilines is 1. The minimum Gasteiger partial charge on any atom is -0.478 e. The Morgan fingerprint density at radius 3 is 2.63 bits per heavy atom. The molecule has 3 aliphatic heterocycles. The number of carboxylic acids is 1. The summed E-state index contributed by atoms with van der Waals surface area (Å²) in [6, 6.07) is 12.9. The largest absolute Gasteiger partial charge is 0.478 e. The number of aromatic nitrogens is 1. The van der Waals surface area contributed by atoms with Gasteiger partial charge < -0.3 is 19.5 Å². The predicted molar refractivity (Wildman–Crippen MR) is 141 cm³/mol. The standard InChI is InChI=1S/C30H35N3O2/c1-31-16-13-30(18-31)19-32-14-6-15-33-25-17-21(29(34)35)11-12-22(25)26(20-7-3-2-4-8-20)28(33)23-9-5-10-24(30)27(23)32/h5,9-12,17,20H,2-4,6-8,13-16,18-19H2,1H3,(H,34,35). The highest BCUT2D eigenvalue weighted by atomic mass is 16.4. The number of hydrogen-bond donors (Lipinski definition) is 1. The Hall–Kier alpha value is -2.79. The lowest BCUT2D eigenvalue weighted by atomic mass is 9.79. The van der Waals surface area contributed by atoms with Crippen molar-refractivity contribution in [3.05, 3.63) is 53.1 Å². The van der Waals surface area contributed by atoms with Crippen molar-refractivity contribution in [2.75, 3.05) is 38.1 Å². The van der Waals surface area contributed by atoms with Crippen molar-refractivity contribution in [1.29, 1.82) is 0 Å². The second kappa shape index (κ2) is 7.86. The van der Waals surface area contributed by atoms with Crippen LogP contribution in [0.5, 0.6) is 0 Å². The Labute approximate surface area is 207 Å². The smallest absolute Gasteiger partial charge is 0.335 e. The third-order valence-corrected chi connectivity index (χ3v) is 9.39. The van der Waals surface area contributed by atoms with Gasteiger partial charge in [0, 0.05) is 48.1 Å². The van der Waals surface area contributed by atoms with Gasteiger partial charge in [0.05, 0.1) is 16.9 Å². The van der Waals surface area contributed by atoms with Crippen molar-refractivity contribution >= 4 is 22.6 Å². The van der Waals surface area contributed by atoms with E-state index in [4.69, 9.17) is 0 Å². The Balaban J connectivity index is 1.52. The maximum Gasteiger partial charge on any atom is 0.335 e. The van der Waals surface area contributed by atoms with Crippen LogP contribution in [0.3, 0.4) is 0 Å². The Morgan fingerprint density at radius 2 is 1.86 bits per heavy atom. The first-order chi connectivity index (χ1) is 17.1. The highest BCUT2D eigenvalue weighted by molar-refractivity contribution is 6.00. The number of carboxylic acid groups (broad SMARTS) is 1. The summed E-state index contributed by atoms with van der Waals surface area (Å²) in [5.74, 6) is -0.290. The maximum absolute atomic E-state index is 11.9. The Bertz CT molecular complexity index is 1340. The van der Waals surface area contributed by atoms with Crippen LogP contribution in [0.2, 0.25) is 0 Å². The summed E-state index contributed by atoms with van der Waals surface area (Å²) in [5.41, 5.74) is 8.98. The lowest BCUT2D eigenvalue weighted by Gasteiger charge is -2.29.